The maximum atomic E-state index is 13.6. The van der Waals surface area contributed by atoms with Crippen LogP contribution in [0.15, 0.2) is 70.5 Å². The smallest absolute Gasteiger partial charge is 0.254 e. The van der Waals surface area contributed by atoms with Crippen molar-refractivity contribution in [2.75, 3.05) is 26.2 Å². The second-order valence-corrected chi connectivity index (χ2v) is 10.8. The molecule has 0 N–H and O–H groups in total. The fourth-order valence-electron chi connectivity index (χ4n) is 4.46. The van der Waals surface area contributed by atoms with Gasteiger partial charge in [-0.2, -0.15) is 0 Å². The Bertz CT molecular complexity index is 1160. The van der Waals surface area contributed by atoms with Gasteiger partial charge in [-0.1, -0.05) is 40.2 Å². The normalized spacial score (nSPS) is 17.2. The van der Waals surface area contributed by atoms with E-state index in [0.29, 0.717) is 31.2 Å². The van der Waals surface area contributed by atoms with Crippen LogP contribution >= 0.6 is 27.3 Å². The molecule has 1 saturated carbocycles. The van der Waals surface area contributed by atoms with Gasteiger partial charge in [0.1, 0.15) is 18.9 Å². The number of carbonyl (C=O) groups is 2. The Hall–Kier alpha value is -2.64. The van der Waals surface area contributed by atoms with Gasteiger partial charge in [-0.25, -0.2) is 0 Å². The predicted molar refractivity (Wildman–Crippen MR) is 137 cm³/mol. The predicted octanol–water partition coefficient (Wildman–Crippen LogP) is 5.57. The summed E-state index contributed by atoms with van der Waals surface area (Å²) < 4.78 is 6.94. The summed E-state index contributed by atoms with van der Waals surface area (Å²) in [6.07, 6.45) is 3.07. The zero-order valence-corrected chi connectivity index (χ0v) is 21.3. The molecule has 34 heavy (non-hydrogen) atoms. The van der Waals surface area contributed by atoms with Gasteiger partial charge in [-0.15, -0.1) is 11.3 Å². The quantitative estimate of drug-likeness (QED) is 0.376. The number of nitrogens with zero attached hydrogens (tertiary/aromatic N) is 2. The lowest BCUT2D eigenvalue weighted by Crippen LogP contribution is -2.48. The number of hydrogen-bond acceptors (Lipinski definition) is 4. The van der Waals surface area contributed by atoms with E-state index in [0.717, 1.165) is 35.0 Å². The maximum absolute atomic E-state index is 13.6. The van der Waals surface area contributed by atoms with Crippen molar-refractivity contribution < 1.29 is 14.3 Å². The molecule has 1 fully saturated rings. The molecule has 2 aliphatic rings. The fraction of sp³-hybridized carbons (Fsp3) is 0.333. The van der Waals surface area contributed by atoms with E-state index < -0.39 is 0 Å². The molecule has 1 atom stereocenters. The van der Waals surface area contributed by atoms with Crippen LogP contribution in [0.25, 0.3) is 0 Å². The van der Waals surface area contributed by atoms with E-state index in [1.165, 1.54) is 4.88 Å². The monoisotopic (exact) mass is 538 g/mol. The first kappa shape index (κ1) is 23.1. The van der Waals surface area contributed by atoms with Gasteiger partial charge < -0.3 is 14.5 Å². The average molecular weight is 539 g/mol. The van der Waals surface area contributed by atoms with Gasteiger partial charge in [0, 0.05) is 28.0 Å². The summed E-state index contributed by atoms with van der Waals surface area (Å²) in [6, 6.07) is 19.0. The summed E-state index contributed by atoms with van der Waals surface area (Å²) >= 11 is 5.19. The first-order valence-corrected chi connectivity index (χ1v) is 13.3. The van der Waals surface area contributed by atoms with Gasteiger partial charge in [0.15, 0.2) is 0 Å². The van der Waals surface area contributed by atoms with Crippen LogP contribution in [0.4, 0.5) is 0 Å². The zero-order chi connectivity index (χ0) is 23.5. The number of ether oxygens (including phenoxy) is 1. The minimum atomic E-state index is -0.161. The highest BCUT2D eigenvalue weighted by atomic mass is 79.9. The Morgan fingerprint density at radius 1 is 1.09 bits per heavy atom. The molecule has 0 bridgehead atoms. The molecule has 3 aromatic rings. The molecule has 5 rings (SSSR count). The second-order valence-electron chi connectivity index (χ2n) is 8.92. The molecule has 0 unspecified atom stereocenters. The Morgan fingerprint density at radius 2 is 1.91 bits per heavy atom. The number of halogens is 1. The Labute approximate surface area is 212 Å². The average Bonchev–Trinajstić information content (AvgIpc) is 3.54. The lowest BCUT2D eigenvalue weighted by atomic mass is 10.0. The van der Waals surface area contributed by atoms with Crippen LogP contribution < -0.4 is 4.74 Å². The summed E-state index contributed by atoms with van der Waals surface area (Å²) in [7, 11) is 0. The van der Waals surface area contributed by atoms with Gasteiger partial charge in [-0.05, 0) is 72.5 Å². The summed E-state index contributed by atoms with van der Waals surface area (Å²) in [4.78, 5) is 31.9. The summed E-state index contributed by atoms with van der Waals surface area (Å²) in [6.45, 7) is 1.74. The lowest BCUT2D eigenvalue weighted by molar-refractivity contribution is -0.135. The maximum Gasteiger partial charge on any atom is 0.254 e. The van der Waals surface area contributed by atoms with Crippen molar-refractivity contribution in [3.63, 3.8) is 0 Å². The van der Waals surface area contributed by atoms with Gasteiger partial charge in [0.2, 0.25) is 5.91 Å². The third-order valence-electron chi connectivity index (χ3n) is 6.43. The third-order valence-corrected chi connectivity index (χ3v) is 7.92. The van der Waals surface area contributed by atoms with Crippen molar-refractivity contribution in [3.8, 4) is 5.75 Å². The van der Waals surface area contributed by atoms with Crippen LogP contribution in [0.5, 0.6) is 5.75 Å². The van der Waals surface area contributed by atoms with E-state index in [1.54, 1.807) is 16.2 Å². The topological polar surface area (TPSA) is 49.9 Å². The van der Waals surface area contributed by atoms with E-state index in [1.807, 2.05) is 59.5 Å². The Kier molecular flexibility index (Phi) is 7.02. The molecular weight excluding hydrogens is 512 g/mol. The number of hydrogen-bond donors (Lipinski definition) is 0. The fourth-order valence-corrected chi connectivity index (χ4v) is 5.78. The molecule has 7 heteroatoms. The SMILES string of the molecule is O=C(c1cccc(Br)c1)N(CC(=O)N1CCc2sccc2[C@H]1COc1ccccc1)CC1CC1. The molecule has 2 aromatic carbocycles. The van der Waals surface area contributed by atoms with Crippen LogP contribution in [-0.2, 0) is 11.2 Å². The van der Waals surface area contributed by atoms with E-state index in [4.69, 9.17) is 4.74 Å². The van der Waals surface area contributed by atoms with Crippen molar-refractivity contribution in [1.29, 1.82) is 0 Å². The zero-order valence-electron chi connectivity index (χ0n) is 18.9. The highest BCUT2D eigenvalue weighted by molar-refractivity contribution is 9.10. The third kappa shape index (κ3) is 5.36. The standard InChI is InChI=1S/C27H27BrN2O3S/c28-21-6-4-5-20(15-21)27(32)29(16-19-9-10-19)17-26(31)30-13-11-25-23(12-14-34-25)24(30)18-33-22-7-2-1-3-8-22/h1-8,12,14-15,19,24H,9-11,13,16-18H2/t24-/m1/s1. The van der Waals surface area contributed by atoms with Crippen LogP contribution in [-0.4, -0.2) is 47.9 Å². The Balaban J connectivity index is 1.34. The van der Waals surface area contributed by atoms with Crippen LogP contribution in [0.1, 0.15) is 39.7 Å². The number of carbonyl (C=O) groups excluding carboxylic acids is 2. The molecule has 0 saturated heterocycles. The highest BCUT2D eigenvalue weighted by Gasteiger charge is 2.35. The van der Waals surface area contributed by atoms with Crippen LogP contribution in [0.3, 0.4) is 0 Å². The summed E-state index contributed by atoms with van der Waals surface area (Å²) in [5, 5.41) is 2.09. The van der Waals surface area contributed by atoms with Gasteiger partial charge in [0.25, 0.3) is 5.91 Å². The van der Waals surface area contributed by atoms with Crippen molar-refractivity contribution in [1.82, 2.24) is 9.80 Å². The highest BCUT2D eigenvalue weighted by Crippen LogP contribution is 2.35. The molecule has 5 nitrogen and oxygen atoms in total. The molecule has 1 aromatic heterocycles. The molecule has 1 aliphatic heterocycles. The molecule has 0 spiro atoms. The minimum absolute atomic E-state index is 0.0255. The van der Waals surface area contributed by atoms with Gasteiger partial charge >= 0.3 is 0 Å². The molecule has 2 heterocycles. The molecule has 0 radical (unpaired) electrons. The van der Waals surface area contributed by atoms with E-state index >= 15 is 0 Å². The number of thiophene rings is 1. The summed E-state index contributed by atoms with van der Waals surface area (Å²) in [5.41, 5.74) is 1.76. The molecule has 1 aliphatic carbocycles. The van der Waals surface area contributed by atoms with E-state index in [-0.39, 0.29) is 24.4 Å². The van der Waals surface area contributed by atoms with E-state index in [2.05, 4.69) is 27.4 Å². The molecule has 176 valence electrons. The minimum Gasteiger partial charge on any atom is -0.491 e. The van der Waals surface area contributed by atoms with Crippen LogP contribution in [0.2, 0.25) is 0 Å². The number of fused-ring (bicyclic) bond motifs is 1. The largest absolute Gasteiger partial charge is 0.491 e. The first-order chi connectivity index (χ1) is 16.6. The van der Waals surface area contributed by atoms with Gasteiger partial charge in [-0.3, -0.25) is 9.59 Å². The van der Waals surface area contributed by atoms with Crippen LogP contribution in [0, 0.1) is 5.92 Å². The van der Waals surface area contributed by atoms with Crippen molar-refractivity contribution >= 4 is 39.1 Å². The summed E-state index contributed by atoms with van der Waals surface area (Å²) in [5.74, 6) is 1.16. The molecule has 2 amide bonds. The lowest BCUT2D eigenvalue weighted by Gasteiger charge is -2.37. The van der Waals surface area contributed by atoms with Crippen molar-refractivity contribution in [3.05, 3.63) is 86.5 Å². The van der Waals surface area contributed by atoms with Gasteiger partial charge in [0.05, 0.1) is 6.04 Å². The van der Waals surface area contributed by atoms with Crippen molar-refractivity contribution in [2.45, 2.75) is 25.3 Å². The Morgan fingerprint density at radius 3 is 2.68 bits per heavy atom. The van der Waals surface area contributed by atoms with Crippen molar-refractivity contribution in [2.24, 2.45) is 5.92 Å². The first-order valence-electron chi connectivity index (χ1n) is 11.7. The number of amides is 2. The number of rotatable bonds is 8. The van der Waals surface area contributed by atoms with E-state index in [9.17, 15) is 9.59 Å². The number of para-hydroxylation sites is 1. The number of benzene rings is 2. The second kappa shape index (κ2) is 10.3. The molecular formula is C27H27BrN2O3S.